The molecule has 2 saturated heterocycles. The van der Waals surface area contributed by atoms with Gasteiger partial charge in [0.25, 0.3) is 5.91 Å². The van der Waals surface area contributed by atoms with Crippen LogP contribution >= 0.6 is 15.9 Å². The number of rotatable bonds is 1. The molecule has 0 aromatic carbocycles. The van der Waals surface area contributed by atoms with Crippen LogP contribution in [0.15, 0.2) is 24.8 Å². The van der Waals surface area contributed by atoms with Gasteiger partial charge in [-0.15, -0.1) is 0 Å². The van der Waals surface area contributed by atoms with Crippen molar-refractivity contribution in [2.45, 2.75) is 42.6 Å². The monoisotopic (exact) mass is 334 g/mol. The second-order valence-electron chi connectivity index (χ2n) is 5.63. The number of piperidine rings is 1. The van der Waals surface area contributed by atoms with Gasteiger partial charge >= 0.3 is 0 Å². The number of hydrogen-bond acceptors (Lipinski definition) is 3. The molecule has 1 amide bonds. The molecule has 0 aliphatic carbocycles. The zero-order valence-corrected chi connectivity index (χ0v) is 12.5. The molecule has 20 heavy (non-hydrogen) atoms. The summed E-state index contributed by atoms with van der Waals surface area (Å²) >= 11 is 3.71. The number of carbonyl (C=O) groups excluding carboxylic acids is 1. The van der Waals surface area contributed by atoms with Gasteiger partial charge in [0.1, 0.15) is 0 Å². The van der Waals surface area contributed by atoms with Crippen molar-refractivity contribution in [3.05, 3.63) is 30.4 Å². The number of carbonyl (C=O) groups is 1. The topological polar surface area (TPSA) is 50.5 Å². The Morgan fingerprint density at radius 1 is 1.25 bits per heavy atom. The Hall–Kier alpha value is -1.43. The maximum absolute atomic E-state index is 12.9. The van der Waals surface area contributed by atoms with Crippen LogP contribution in [0.5, 0.6) is 0 Å². The predicted molar refractivity (Wildman–Crippen MR) is 77.9 cm³/mol. The zero-order chi connectivity index (χ0) is 13.7. The third-order valence-electron chi connectivity index (χ3n) is 4.47. The molecule has 2 aromatic rings. The third kappa shape index (κ3) is 1.78. The lowest BCUT2D eigenvalue weighted by atomic mass is 10.0. The first-order chi connectivity index (χ1) is 9.74. The summed E-state index contributed by atoms with van der Waals surface area (Å²) in [7, 11) is 0. The van der Waals surface area contributed by atoms with Crippen LogP contribution in [0.1, 0.15) is 36.0 Å². The summed E-state index contributed by atoms with van der Waals surface area (Å²) in [5.41, 5.74) is 1.46. The van der Waals surface area contributed by atoms with Crippen molar-refractivity contribution in [2.24, 2.45) is 0 Å². The number of alkyl halides is 1. The number of halogens is 1. The molecule has 2 aliphatic rings. The first kappa shape index (κ1) is 12.3. The molecule has 0 radical (unpaired) electrons. The molecule has 2 fully saturated rings. The van der Waals surface area contributed by atoms with Crippen LogP contribution in [0.4, 0.5) is 0 Å². The largest absolute Gasteiger partial charge is 0.332 e. The molecule has 4 heterocycles. The molecule has 2 bridgehead atoms. The molecule has 0 spiro atoms. The highest BCUT2D eigenvalue weighted by Gasteiger charge is 2.43. The van der Waals surface area contributed by atoms with Crippen molar-refractivity contribution in [2.75, 3.05) is 0 Å². The number of fused-ring (bicyclic) bond motifs is 3. The summed E-state index contributed by atoms with van der Waals surface area (Å²) < 4.78 is 1.71. The standard InChI is InChI=1S/C14H15BrN4O/c15-9-5-10-1-2-11(6-9)19(10)14(20)12-7-17-18-4-3-16-8-13(12)18/h3-4,7-11H,1-2,5-6H2. The number of hydrogen-bond donors (Lipinski definition) is 0. The van der Waals surface area contributed by atoms with E-state index in [1.807, 2.05) is 0 Å². The third-order valence-corrected chi connectivity index (χ3v) is 5.21. The second kappa shape index (κ2) is 4.55. The lowest BCUT2D eigenvalue weighted by molar-refractivity contribution is 0.0605. The molecule has 4 rings (SSSR count). The van der Waals surface area contributed by atoms with E-state index in [0.29, 0.717) is 22.5 Å². The van der Waals surface area contributed by atoms with E-state index in [2.05, 4.69) is 30.9 Å². The van der Waals surface area contributed by atoms with Crippen LogP contribution in [-0.4, -0.2) is 42.3 Å². The maximum Gasteiger partial charge on any atom is 0.258 e. The van der Waals surface area contributed by atoms with E-state index in [1.165, 1.54) is 0 Å². The van der Waals surface area contributed by atoms with Crippen LogP contribution < -0.4 is 0 Å². The van der Waals surface area contributed by atoms with Crippen molar-refractivity contribution >= 4 is 27.4 Å². The highest BCUT2D eigenvalue weighted by atomic mass is 79.9. The molecule has 0 N–H and O–H groups in total. The Bertz CT molecular complexity index is 656. The first-order valence-corrected chi connectivity index (χ1v) is 7.89. The Labute approximate surface area is 125 Å². The van der Waals surface area contributed by atoms with Gasteiger partial charge in [-0.2, -0.15) is 5.10 Å². The molecule has 6 heteroatoms. The van der Waals surface area contributed by atoms with E-state index < -0.39 is 0 Å². The van der Waals surface area contributed by atoms with Gasteiger partial charge in [0.05, 0.1) is 23.5 Å². The summed E-state index contributed by atoms with van der Waals surface area (Å²) in [6, 6.07) is 0.745. The molecule has 0 saturated carbocycles. The van der Waals surface area contributed by atoms with Crippen molar-refractivity contribution in [3.8, 4) is 0 Å². The summed E-state index contributed by atoms with van der Waals surface area (Å²) in [4.78, 5) is 19.6. The van der Waals surface area contributed by atoms with Crippen molar-refractivity contribution in [1.82, 2.24) is 19.5 Å². The molecular weight excluding hydrogens is 320 g/mol. The highest BCUT2D eigenvalue weighted by molar-refractivity contribution is 9.09. The van der Waals surface area contributed by atoms with E-state index in [1.54, 1.807) is 29.3 Å². The van der Waals surface area contributed by atoms with Crippen LogP contribution in [-0.2, 0) is 0 Å². The van der Waals surface area contributed by atoms with Crippen LogP contribution in [0, 0.1) is 0 Å². The highest BCUT2D eigenvalue weighted by Crippen LogP contribution is 2.39. The minimum absolute atomic E-state index is 0.111. The molecule has 2 atom stereocenters. The molecular formula is C14H15BrN4O. The summed E-state index contributed by atoms with van der Waals surface area (Å²) in [6.07, 6.45) is 11.2. The lowest BCUT2D eigenvalue weighted by Crippen LogP contribution is -2.46. The molecule has 5 nitrogen and oxygen atoms in total. The van der Waals surface area contributed by atoms with E-state index in [4.69, 9.17) is 0 Å². The molecule has 104 valence electrons. The summed E-state index contributed by atoms with van der Waals surface area (Å²) in [5.74, 6) is 0.111. The average Bonchev–Trinajstić information content (AvgIpc) is 2.98. The predicted octanol–water partition coefficient (Wildman–Crippen LogP) is 2.26. The fourth-order valence-corrected chi connectivity index (χ4v) is 4.44. The van der Waals surface area contributed by atoms with Crippen molar-refractivity contribution in [3.63, 3.8) is 0 Å². The van der Waals surface area contributed by atoms with Gasteiger partial charge < -0.3 is 4.90 Å². The number of nitrogens with zero attached hydrogens (tertiary/aromatic N) is 4. The van der Waals surface area contributed by atoms with Gasteiger partial charge in [-0.25, -0.2) is 4.52 Å². The van der Waals surface area contributed by atoms with Gasteiger partial charge in [-0.1, -0.05) is 15.9 Å². The second-order valence-corrected chi connectivity index (χ2v) is 6.93. The molecule has 2 aliphatic heterocycles. The minimum Gasteiger partial charge on any atom is -0.332 e. The molecule has 2 aromatic heterocycles. The smallest absolute Gasteiger partial charge is 0.258 e. The number of aromatic nitrogens is 3. The van der Waals surface area contributed by atoms with E-state index in [9.17, 15) is 4.79 Å². The van der Waals surface area contributed by atoms with E-state index in [-0.39, 0.29) is 5.91 Å². The Kier molecular flexibility index (Phi) is 2.80. The molecule has 2 unspecified atom stereocenters. The average molecular weight is 335 g/mol. The van der Waals surface area contributed by atoms with E-state index >= 15 is 0 Å². The van der Waals surface area contributed by atoms with Crippen LogP contribution in [0.3, 0.4) is 0 Å². The lowest BCUT2D eigenvalue weighted by Gasteiger charge is -2.37. The van der Waals surface area contributed by atoms with Gasteiger partial charge in [0, 0.05) is 29.3 Å². The Balaban J connectivity index is 1.71. The van der Waals surface area contributed by atoms with Gasteiger partial charge in [-0.3, -0.25) is 9.78 Å². The van der Waals surface area contributed by atoms with Gasteiger partial charge in [0.15, 0.2) is 0 Å². The van der Waals surface area contributed by atoms with Crippen molar-refractivity contribution in [1.29, 1.82) is 0 Å². The van der Waals surface area contributed by atoms with Crippen LogP contribution in [0.2, 0.25) is 0 Å². The summed E-state index contributed by atoms with van der Waals surface area (Å²) in [6.45, 7) is 0. The fraction of sp³-hybridized carbons (Fsp3) is 0.500. The number of amides is 1. The minimum atomic E-state index is 0.111. The first-order valence-electron chi connectivity index (χ1n) is 6.98. The quantitative estimate of drug-likeness (QED) is 0.751. The van der Waals surface area contributed by atoms with Crippen molar-refractivity contribution < 1.29 is 4.79 Å². The van der Waals surface area contributed by atoms with Gasteiger partial charge in [0.2, 0.25) is 0 Å². The SMILES string of the molecule is O=C(c1cnn2ccncc12)N1C2CCC1CC(Br)C2. The summed E-state index contributed by atoms with van der Waals surface area (Å²) in [5, 5.41) is 4.24. The normalized spacial score (nSPS) is 29.1. The Morgan fingerprint density at radius 2 is 2.00 bits per heavy atom. The van der Waals surface area contributed by atoms with E-state index in [0.717, 1.165) is 31.2 Å². The van der Waals surface area contributed by atoms with Crippen LogP contribution in [0.25, 0.3) is 5.52 Å². The maximum atomic E-state index is 12.9. The van der Waals surface area contributed by atoms with Gasteiger partial charge in [-0.05, 0) is 25.7 Å². The fourth-order valence-electron chi connectivity index (χ4n) is 3.58. The zero-order valence-electron chi connectivity index (χ0n) is 10.9. The Morgan fingerprint density at radius 3 is 2.75 bits per heavy atom.